The van der Waals surface area contributed by atoms with Gasteiger partial charge in [0.1, 0.15) is 13.2 Å². The van der Waals surface area contributed by atoms with Crippen LogP contribution in [0.3, 0.4) is 0 Å². The highest BCUT2D eigenvalue weighted by Gasteiger charge is 2.09. The Hall–Kier alpha value is -3.30. The Labute approximate surface area is 186 Å². The molecule has 0 aliphatic rings. The van der Waals surface area contributed by atoms with Crippen LogP contribution in [0.4, 0.5) is 0 Å². The molecule has 2 aromatic rings. The zero-order valence-electron chi connectivity index (χ0n) is 19.0. The number of hydrogen-bond acceptors (Lipinski definition) is 8. The van der Waals surface area contributed by atoms with Gasteiger partial charge in [0.2, 0.25) is 0 Å². The molecule has 0 fully saturated rings. The Bertz CT molecular complexity index is 988. The van der Waals surface area contributed by atoms with Crippen LogP contribution >= 0.6 is 0 Å². The van der Waals surface area contributed by atoms with E-state index < -0.39 is 0 Å². The van der Waals surface area contributed by atoms with Gasteiger partial charge in [-0.2, -0.15) is 9.97 Å². The van der Waals surface area contributed by atoms with Gasteiger partial charge in [0, 0.05) is 35.6 Å². The van der Waals surface area contributed by atoms with Crippen molar-refractivity contribution in [2.45, 2.75) is 66.5 Å². The van der Waals surface area contributed by atoms with Gasteiger partial charge in [-0.1, -0.05) is 0 Å². The third-order valence-electron chi connectivity index (χ3n) is 4.86. The number of esters is 2. The molecule has 10 heteroatoms. The van der Waals surface area contributed by atoms with Crippen LogP contribution in [-0.4, -0.2) is 44.3 Å². The van der Waals surface area contributed by atoms with Crippen molar-refractivity contribution in [3.63, 3.8) is 0 Å². The highest BCUT2D eigenvalue weighted by Crippen LogP contribution is 2.04. The van der Waals surface area contributed by atoms with Gasteiger partial charge in [-0.25, -0.2) is 9.59 Å². The van der Waals surface area contributed by atoms with Gasteiger partial charge in [-0.3, -0.25) is 18.7 Å². The Morgan fingerprint density at radius 2 is 1.12 bits per heavy atom. The fourth-order valence-electron chi connectivity index (χ4n) is 3.28. The molecule has 0 aliphatic heterocycles. The van der Waals surface area contributed by atoms with Gasteiger partial charge >= 0.3 is 23.3 Å². The molecule has 0 saturated heterocycles. The highest BCUT2D eigenvalue weighted by atomic mass is 16.5. The lowest BCUT2D eigenvalue weighted by Crippen LogP contribution is -2.28. The molecule has 2 heterocycles. The molecule has 2 aromatic heterocycles. The molecule has 0 bridgehead atoms. The number of rotatable bonds is 11. The monoisotopic (exact) mass is 446 g/mol. The van der Waals surface area contributed by atoms with Crippen molar-refractivity contribution < 1.29 is 19.1 Å². The second kappa shape index (κ2) is 11.9. The van der Waals surface area contributed by atoms with Crippen molar-refractivity contribution in [2.75, 3.05) is 13.2 Å². The summed E-state index contributed by atoms with van der Waals surface area (Å²) in [6.07, 6.45) is 1.33. The van der Waals surface area contributed by atoms with Crippen LogP contribution in [-0.2, 0) is 32.2 Å². The maximum Gasteiger partial charge on any atom is 0.348 e. The Morgan fingerprint density at radius 3 is 1.47 bits per heavy atom. The van der Waals surface area contributed by atoms with E-state index >= 15 is 0 Å². The summed E-state index contributed by atoms with van der Waals surface area (Å²) in [6.45, 7) is 7.75. The predicted octanol–water partition coefficient (Wildman–Crippen LogP) is 1.38. The van der Waals surface area contributed by atoms with Crippen molar-refractivity contribution in [2.24, 2.45) is 0 Å². The van der Waals surface area contributed by atoms with E-state index in [9.17, 15) is 19.2 Å². The van der Waals surface area contributed by atoms with Gasteiger partial charge in [-0.05, 0) is 52.7 Å². The van der Waals surface area contributed by atoms with Gasteiger partial charge < -0.3 is 9.47 Å². The molecule has 10 nitrogen and oxygen atoms in total. The first-order valence-corrected chi connectivity index (χ1v) is 10.6. The number of nitrogens with zero attached hydrogens (tertiary/aromatic N) is 4. The Balaban J connectivity index is 1.60. The largest absolute Gasteiger partial charge is 0.464 e. The summed E-state index contributed by atoms with van der Waals surface area (Å²) in [5, 5.41) is 0. The van der Waals surface area contributed by atoms with Crippen LogP contribution in [0, 0.1) is 27.7 Å². The molecule has 0 atom stereocenters. The summed E-state index contributed by atoms with van der Waals surface area (Å²) in [4.78, 5) is 55.1. The van der Waals surface area contributed by atoms with Crippen molar-refractivity contribution >= 4 is 11.9 Å². The fraction of sp³-hybridized carbons (Fsp3) is 0.545. The van der Waals surface area contributed by atoms with E-state index in [1.807, 2.05) is 0 Å². The normalized spacial score (nSPS) is 10.8. The minimum Gasteiger partial charge on any atom is -0.464 e. The average Bonchev–Trinajstić information content (AvgIpc) is 2.69. The molecule has 0 aromatic carbocycles. The van der Waals surface area contributed by atoms with Gasteiger partial charge in [0.15, 0.2) is 0 Å². The second-order valence-electron chi connectivity index (χ2n) is 7.59. The SMILES string of the molecule is Cc1cc(C)n(CCOC(=O)CCCCC(=O)OCCn2c(C)cc(C)nc2=O)c(=O)n1. The van der Waals surface area contributed by atoms with Gasteiger partial charge in [-0.15, -0.1) is 0 Å². The lowest BCUT2D eigenvalue weighted by atomic mass is 10.2. The molecular formula is C22H30N4O6. The van der Waals surface area contributed by atoms with Crippen LogP contribution in [0.1, 0.15) is 48.5 Å². The quantitative estimate of drug-likeness (QED) is 0.375. The van der Waals surface area contributed by atoms with Crippen LogP contribution < -0.4 is 11.4 Å². The Kier molecular flexibility index (Phi) is 9.30. The van der Waals surface area contributed by atoms with Crippen molar-refractivity contribution in [3.05, 3.63) is 55.9 Å². The molecule has 0 N–H and O–H groups in total. The van der Waals surface area contributed by atoms with E-state index in [0.29, 0.717) is 24.2 Å². The van der Waals surface area contributed by atoms with E-state index in [0.717, 1.165) is 11.4 Å². The number of carbonyl (C=O) groups excluding carboxylic acids is 2. The second-order valence-corrected chi connectivity index (χ2v) is 7.59. The average molecular weight is 447 g/mol. The first-order valence-electron chi connectivity index (χ1n) is 10.6. The van der Waals surface area contributed by atoms with E-state index in [4.69, 9.17) is 9.47 Å². The van der Waals surface area contributed by atoms with E-state index in [2.05, 4.69) is 9.97 Å². The van der Waals surface area contributed by atoms with Crippen LogP contribution in [0.5, 0.6) is 0 Å². The molecular weight excluding hydrogens is 416 g/mol. The first-order chi connectivity index (χ1) is 15.2. The summed E-state index contributed by atoms with van der Waals surface area (Å²) in [5.41, 5.74) is 2.09. The predicted molar refractivity (Wildman–Crippen MR) is 116 cm³/mol. The standard InChI is InChI=1S/C22H30N4O6/c1-15-13-17(3)25(21(29)23-15)9-11-31-19(27)7-5-6-8-20(28)32-12-10-26-18(4)14-16(2)24-22(26)30/h13-14H,5-12H2,1-4H3. The van der Waals surface area contributed by atoms with Crippen molar-refractivity contribution in [1.82, 2.24) is 19.1 Å². The zero-order valence-corrected chi connectivity index (χ0v) is 19.0. The highest BCUT2D eigenvalue weighted by molar-refractivity contribution is 5.70. The third-order valence-corrected chi connectivity index (χ3v) is 4.86. The molecule has 32 heavy (non-hydrogen) atoms. The van der Waals surface area contributed by atoms with E-state index in [-0.39, 0.29) is 62.5 Å². The zero-order chi connectivity index (χ0) is 23.7. The summed E-state index contributed by atoms with van der Waals surface area (Å²) in [6, 6.07) is 3.58. The maximum absolute atomic E-state index is 11.9. The smallest absolute Gasteiger partial charge is 0.348 e. The van der Waals surface area contributed by atoms with E-state index in [1.165, 1.54) is 9.13 Å². The van der Waals surface area contributed by atoms with Crippen molar-refractivity contribution in [1.29, 1.82) is 0 Å². The third kappa shape index (κ3) is 7.75. The topological polar surface area (TPSA) is 122 Å². The number of aromatic nitrogens is 4. The van der Waals surface area contributed by atoms with Gasteiger partial charge in [0.25, 0.3) is 0 Å². The molecule has 2 rings (SSSR count). The van der Waals surface area contributed by atoms with Crippen LogP contribution in [0.15, 0.2) is 21.7 Å². The minimum absolute atomic E-state index is 0.0824. The van der Waals surface area contributed by atoms with E-state index in [1.54, 1.807) is 39.8 Å². The molecule has 0 saturated carbocycles. The molecule has 0 unspecified atom stereocenters. The summed E-state index contributed by atoms with van der Waals surface area (Å²) < 4.78 is 13.2. The maximum atomic E-state index is 11.9. The number of unbranched alkanes of at least 4 members (excludes halogenated alkanes) is 1. The number of hydrogen-bond donors (Lipinski definition) is 0. The number of carbonyl (C=O) groups is 2. The molecule has 0 radical (unpaired) electrons. The minimum atomic E-state index is -0.383. The molecule has 0 aliphatic carbocycles. The summed E-state index contributed by atoms with van der Waals surface area (Å²) in [7, 11) is 0. The molecule has 0 spiro atoms. The van der Waals surface area contributed by atoms with Crippen LogP contribution in [0.2, 0.25) is 0 Å². The lowest BCUT2D eigenvalue weighted by Gasteiger charge is -2.11. The summed E-state index contributed by atoms with van der Waals surface area (Å²) in [5.74, 6) is -0.767. The summed E-state index contributed by atoms with van der Waals surface area (Å²) >= 11 is 0. The first kappa shape index (κ1) is 25.0. The van der Waals surface area contributed by atoms with Crippen LogP contribution in [0.25, 0.3) is 0 Å². The molecule has 0 amide bonds. The fourth-order valence-corrected chi connectivity index (χ4v) is 3.28. The lowest BCUT2D eigenvalue weighted by molar-refractivity contribution is -0.146. The number of aryl methyl sites for hydroxylation is 4. The van der Waals surface area contributed by atoms with Gasteiger partial charge in [0.05, 0.1) is 13.1 Å². The van der Waals surface area contributed by atoms with Crippen molar-refractivity contribution in [3.8, 4) is 0 Å². The number of ether oxygens (including phenoxy) is 2. The Morgan fingerprint density at radius 1 is 0.750 bits per heavy atom. The molecule has 174 valence electrons.